The van der Waals surface area contributed by atoms with Crippen LogP contribution in [0.5, 0.6) is 5.75 Å². The largest absolute Gasteiger partial charge is 0.478 e. The van der Waals surface area contributed by atoms with E-state index in [1.165, 1.54) is 24.3 Å². The molecule has 0 aromatic heterocycles. The van der Waals surface area contributed by atoms with E-state index in [0.29, 0.717) is 12.1 Å². The molecule has 12 heteroatoms. The molecule has 2 rings (SSSR count). The number of benzene rings is 2. The Morgan fingerprint density at radius 2 is 1.68 bits per heavy atom. The summed E-state index contributed by atoms with van der Waals surface area (Å²) in [5.41, 5.74) is -4.91. The molecule has 0 aliphatic rings. The molecular formula is C16H12F3NO7S. The van der Waals surface area contributed by atoms with Crippen LogP contribution >= 0.6 is 0 Å². The minimum Gasteiger partial charge on any atom is -0.478 e. The molecule has 0 radical (unpaired) electrons. The smallest absolute Gasteiger partial charge is 0.439 e. The molecule has 1 unspecified atom stereocenters. The topological polar surface area (TPSA) is 124 Å². The number of nitrogens with zero attached hydrogens (tertiary/aromatic N) is 1. The lowest BCUT2D eigenvalue weighted by Gasteiger charge is -2.28. The van der Waals surface area contributed by atoms with Crippen LogP contribution in [0, 0.1) is 10.1 Å². The number of ether oxygens (including phenoxy) is 1. The quantitative estimate of drug-likeness (QED) is 0.563. The standard InChI is InChI=1S/C16H12F3NO7S/c1-15(14(21)22,16(17,18)19)27-13-8-7-11(9-12(13)20(23)24)28(25,26)10-5-3-2-4-6-10/h2-9H,1H3,(H,21,22). The van der Waals surface area contributed by atoms with Gasteiger partial charge < -0.3 is 9.84 Å². The minimum absolute atomic E-state index is 0.188. The van der Waals surface area contributed by atoms with E-state index in [9.17, 15) is 36.5 Å². The predicted octanol–water partition coefficient (Wildman–Crippen LogP) is 3.21. The van der Waals surface area contributed by atoms with E-state index in [2.05, 4.69) is 4.74 Å². The van der Waals surface area contributed by atoms with Crippen molar-refractivity contribution in [3.8, 4) is 5.75 Å². The highest BCUT2D eigenvalue weighted by Crippen LogP contribution is 2.39. The molecule has 2 aromatic rings. The average molecular weight is 419 g/mol. The lowest BCUT2D eigenvalue weighted by atomic mass is 10.1. The Labute approximate surface area is 156 Å². The molecule has 0 amide bonds. The highest BCUT2D eigenvalue weighted by Gasteiger charge is 2.60. The molecule has 8 nitrogen and oxygen atoms in total. The van der Waals surface area contributed by atoms with Gasteiger partial charge in [-0.2, -0.15) is 13.2 Å². The zero-order valence-corrected chi connectivity index (χ0v) is 14.8. The molecule has 0 saturated heterocycles. The van der Waals surface area contributed by atoms with Gasteiger partial charge in [0.05, 0.1) is 14.7 Å². The van der Waals surface area contributed by atoms with Crippen LogP contribution in [-0.2, 0) is 14.6 Å². The summed E-state index contributed by atoms with van der Waals surface area (Å²) in [7, 11) is -4.20. The predicted molar refractivity (Wildman–Crippen MR) is 87.7 cm³/mol. The monoisotopic (exact) mass is 419 g/mol. The molecule has 0 fully saturated rings. The van der Waals surface area contributed by atoms with Crippen molar-refractivity contribution in [1.82, 2.24) is 0 Å². The number of sulfone groups is 1. The molecule has 28 heavy (non-hydrogen) atoms. The molecule has 150 valence electrons. The van der Waals surface area contributed by atoms with Crippen LogP contribution in [-0.4, -0.2) is 36.2 Å². The minimum atomic E-state index is -5.40. The Hall–Kier alpha value is -3.15. The number of carbonyl (C=O) groups is 1. The van der Waals surface area contributed by atoms with Gasteiger partial charge >= 0.3 is 17.8 Å². The van der Waals surface area contributed by atoms with Crippen LogP contribution in [0.2, 0.25) is 0 Å². The number of alkyl halides is 3. The lowest BCUT2D eigenvalue weighted by molar-refractivity contribution is -0.386. The third kappa shape index (κ3) is 3.76. The van der Waals surface area contributed by atoms with Crippen molar-refractivity contribution in [2.45, 2.75) is 28.5 Å². The number of carboxylic acids is 1. The highest BCUT2D eigenvalue weighted by molar-refractivity contribution is 7.91. The first-order valence-corrected chi connectivity index (χ1v) is 8.87. The van der Waals surface area contributed by atoms with Gasteiger partial charge in [-0.25, -0.2) is 13.2 Å². The summed E-state index contributed by atoms with van der Waals surface area (Å²) in [4.78, 5) is 20.4. The lowest BCUT2D eigenvalue weighted by Crippen LogP contribution is -2.54. The molecule has 1 N–H and O–H groups in total. The van der Waals surface area contributed by atoms with Crippen molar-refractivity contribution < 1.29 is 41.2 Å². The third-order valence-electron chi connectivity index (χ3n) is 3.75. The normalized spacial score (nSPS) is 14.1. The fourth-order valence-corrected chi connectivity index (χ4v) is 3.37. The molecule has 2 aromatic carbocycles. The van der Waals surface area contributed by atoms with Gasteiger partial charge in [0.1, 0.15) is 0 Å². The number of halogens is 3. The summed E-state index contributed by atoms with van der Waals surface area (Å²) in [6, 6.07) is 8.76. The number of hydrogen-bond donors (Lipinski definition) is 1. The Balaban J connectivity index is 2.59. The summed E-state index contributed by atoms with van der Waals surface area (Å²) >= 11 is 0. The Bertz CT molecular complexity index is 1020. The first-order valence-electron chi connectivity index (χ1n) is 7.38. The zero-order chi connectivity index (χ0) is 21.3. The van der Waals surface area contributed by atoms with Crippen LogP contribution in [0.4, 0.5) is 18.9 Å². The van der Waals surface area contributed by atoms with Crippen LogP contribution in [0.3, 0.4) is 0 Å². The second-order valence-electron chi connectivity index (χ2n) is 5.64. The van der Waals surface area contributed by atoms with E-state index in [-0.39, 0.29) is 11.8 Å². The van der Waals surface area contributed by atoms with Crippen molar-refractivity contribution in [3.05, 3.63) is 58.6 Å². The fourth-order valence-electron chi connectivity index (χ4n) is 2.07. The summed E-state index contributed by atoms with van der Waals surface area (Å²) < 4.78 is 68.8. The van der Waals surface area contributed by atoms with Crippen LogP contribution in [0.15, 0.2) is 58.3 Å². The maximum absolute atomic E-state index is 13.1. The summed E-state index contributed by atoms with van der Waals surface area (Å²) in [6.45, 7) is 0.188. The molecule has 0 aliphatic carbocycles. The molecule has 1 atom stereocenters. The number of carboxylic acid groups (broad SMARTS) is 1. The average Bonchev–Trinajstić information content (AvgIpc) is 2.61. The van der Waals surface area contributed by atoms with Crippen LogP contribution < -0.4 is 4.74 Å². The highest BCUT2D eigenvalue weighted by atomic mass is 32.2. The molecule has 0 spiro atoms. The summed E-state index contributed by atoms with van der Waals surface area (Å²) in [5, 5.41) is 20.1. The number of nitro groups is 1. The molecule has 0 bridgehead atoms. The van der Waals surface area contributed by atoms with E-state index in [0.717, 1.165) is 6.07 Å². The van der Waals surface area contributed by atoms with Crippen LogP contribution in [0.1, 0.15) is 6.92 Å². The Kier molecular flexibility index (Phi) is 5.37. The van der Waals surface area contributed by atoms with Crippen molar-refractivity contribution in [1.29, 1.82) is 0 Å². The third-order valence-corrected chi connectivity index (χ3v) is 5.52. The van der Waals surface area contributed by atoms with Crippen LogP contribution in [0.25, 0.3) is 0 Å². The van der Waals surface area contributed by atoms with E-state index in [4.69, 9.17) is 5.11 Å². The number of aliphatic carboxylic acids is 1. The molecular weight excluding hydrogens is 407 g/mol. The first kappa shape index (κ1) is 21.2. The van der Waals surface area contributed by atoms with Gasteiger partial charge in [0.25, 0.3) is 5.60 Å². The van der Waals surface area contributed by atoms with Crippen molar-refractivity contribution in [3.63, 3.8) is 0 Å². The molecule has 0 saturated carbocycles. The van der Waals surface area contributed by atoms with E-state index < -0.39 is 48.8 Å². The molecule has 0 heterocycles. The second kappa shape index (κ2) is 7.11. The van der Waals surface area contributed by atoms with Gasteiger partial charge in [0.2, 0.25) is 9.84 Å². The maximum Gasteiger partial charge on any atom is 0.439 e. The van der Waals surface area contributed by atoms with Gasteiger partial charge in [-0.1, -0.05) is 18.2 Å². The van der Waals surface area contributed by atoms with Crippen molar-refractivity contribution >= 4 is 21.5 Å². The first-order chi connectivity index (χ1) is 12.8. The van der Waals surface area contributed by atoms with E-state index >= 15 is 0 Å². The van der Waals surface area contributed by atoms with Gasteiger partial charge in [-0.15, -0.1) is 0 Å². The maximum atomic E-state index is 13.1. The van der Waals surface area contributed by atoms with Crippen molar-refractivity contribution in [2.75, 3.05) is 0 Å². The van der Waals surface area contributed by atoms with Gasteiger partial charge in [-0.05, 0) is 31.2 Å². The fraction of sp³-hybridized carbons (Fsp3) is 0.188. The van der Waals surface area contributed by atoms with Crippen molar-refractivity contribution in [2.24, 2.45) is 0 Å². The number of rotatable bonds is 6. The number of hydrogen-bond acceptors (Lipinski definition) is 6. The Morgan fingerprint density at radius 3 is 2.14 bits per heavy atom. The molecule has 0 aliphatic heterocycles. The van der Waals surface area contributed by atoms with Gasteiger partial charge in [0, 0.05) is 6.07 Å². The SMILES string of the molecule is CC(Oc1ccc(S(=O)(=O)c2ccccc2)cc1[N+](=O)[O-])(C(=O)O)C(F)(F)F. The Morgan fingerprint density at radius 1 is 1.11 bits per heavy atom. The van der Waals surface area contributed by atoms with Gasteiger partial charge in [-0.3, -0.25) is 10.1 Å². The summed E-state index contributed by atoms with van der Waals surface area (Å²) in [5.74, 6) is -3.46. The van der Waals surface area contributed by atoms with Gasteiger partial charge in [0.15, 0.2) is 5.75 Å². The van der Waals surface area contributed by atoms with E-state index in [1.807, 2.05) is 0 Å². The van der Waals surface area contributed by atoms with E-state index in [1.54, 1.807) is 6.07 Å². The summed E-state index contributed by atoms with van der Waals surface area (Å²) in [6.07, 6.45) is -5.40. The number of nitro benzene ring substituents is 1. The second-order valence-corrected chi connectivity index (χ2v) is 7.59. The zero-order valence-electron chi connectivity index (χ0n) is 14.0.